The summed E-state index contributed by atoms with van der Waals surface area (Å²) in [5, 5.41) is 10.2. The van der Waals surface area contributed by atoms with Gasteiger partial charge in [0.15, 0.2) is 11.0 Å². The number of amides is 1. The topological polar surface area (TPSA) is 124 Å². The van der Waals surface area contributed by atoms with Gasteiger partial charge in [0.05, 0.1) is 6.54 Å². The third-order valence-corrected chi connectivity index (χ3v) is 7.47. The Hall–Kier alpha value is -3.33. The van der Waals surface area contributed by atoms with Crippen molar-refractivity contribution in [3.05, 3.63) is 30.3 Å². The molecule has 1 aromatic heterocycles. The number of likely N-dealkylation sites (tertiary alicyclic amines) is 1. The van der Waals surface area contributed by atoms with Gasteiger partial charge in [0.1, 0.15) is 18.1 Å². The zero-order chi connectivity index (χ0) is 29.8. The Bertz CT molecular complexity index is 1280. The molecular formula is C26H31F5N8OS. The van der Waals surface area contributed by atoms with Crippen LogP contribution in [0.3, 0.4) is 0 Å². The van der Waals surface area contributed by atoms with Crippen molar-refractivity contribution < 1.29 is 26.7 Å². The molecule has 9 nitrogen and oxygen atoms in total. The summed E-state index contributed by atoms with van der Waals surface area (Å²) >= 11 is 1.19. The smallest absolute Gasteiger partial charge is 0.387 e. The Morgan fingerprint density at radius 1 is 1.20 bits per heavy atom. The van der Waals surface area contributed by atoms with Crippen molar-refractivity contribution in [3.63, 3.8) is 0 Å². The summed E-state index contributed by atoms with van der Waals surface area (Å²) in [6, 6.07) is 7.98. The molecule has 15 heteroatoms. The highest BCUT2D eigenvalue weighted by Crippen LogP contribution is 2.34. The van der Waals surface area contributed by atoms with Crippen LogP contribution in [-0.2, 0) is 4.79 Å². The molecule has 4 rings (SSSR count). The summed E-state index contributed by atoms with van der Waals surface area (Å²) < 4.78 is 64.7. The molecule has 0 radical (unpaired) electrons. The van der Waals surface area contributed by atoms with Gasteiger partial charge in [0.25, 0.3) is 5.92 Å². The Balaban J connectivity index is 1.48. The van der Waals surface area contributed by atoms with Crippen molar-refractivity contribution in [2.45, 2.75) is 67.2 Å². The van der Waals surface area contributed by atoms with Crippen LogP contribution in [0.15, 0.2) is 45.4 Å². The van der Waals surface area contributed by atoms with Crippen molar-refractivity contribution in [1.29, 1.82) is 5.41 Å². The highest BCUT2D eigenvalue weighted by atomic mass is 32.2. The van der Waals surface area contributed by atoms with E-state index in [2.05, 4.69) is 20.3 Å². The van der Waals surface area contributed by atoms with Crippen LogP contribution in [0, 0.1) is 5.41 Å². The number of carbonyl (C=O) groups excluding carboxylic acids is 1. The molecular weight excluding hydrogens is 567 g/mol. The molecule has 2 aliphatic rings. The lowest BCUT2D eigenvalue weighted by Gasteiger charge is -2.37. The van der Waals surface area contributed by atoms with Gasteiger partial charge in [-0.25, -0.2) is 23.7 Å². The fourth-order valence-electron chi connectivity index (χ4n) is 4.76. The summed E-state index contributed by atoms with van der Waals surface area (Å²) in [6.07, 6.45) is -4.69. The van der Waals surface area contributed by atoms with E-state index in [0.29, 0.717) is 59.9 Å². The number of aromatic nitrogens is 2. The van der Waals surface area contributed by atoms with Gasteiger partial charge in [-0.1, -0.05) is 0 Å². The lowest BCUT2D eigenvalue weighted by molar-refractivity contribution is -0.150. The van der Waals surface area contributed by atoms with E-state index < -0.39 is 24.4 Å². The number of carbonyl (C=O) groups is 1. The van der Waals surface area contributed by atoms with Gasteiger partial charge in [-0.15, -0.1) is 0 Å². The van der Waals surface area contributed by atoms with E-state index in [1.807, 2.05) is 9.80 Å². The van der Waals surface area contributed by atoms with Crippen molar-refractivity contribution >= 4 is 46.5 Å². The molecule has 0 saturated carbocycles. The number of hydrogen-bond acceptors (Lipinski definition) is 8. The van der Waals surface area contributed by atoms with Crippen LogP contribution in [-0.4, -0.2) is 76.6 Å². The first-order valence-electron chi connectivity index (χ1n) is 13.0. The predicted octanol–water partition coefficient (Wildman–Crippen LogP) is 5.25. The number of nitrogens with one attached hydrogen (secondary N) is 2. The number of halogens is 5. The van der Waals surface area contributed by atoms with Crippen LogP contribution >= 0.6 is 11.8 Å². The minimum atomic E-state index is -4.60. The highest BCUT2D eigenvalue weighted by molar-refractivity contribution is 7.99. The number of rotatable bonds is 9. The lowest BCUT2D eigenvalue weighted by Crippen LogP contribution is -2.45. The van der Waals surface area contributed by atoms with Crippen LogP contribution in [0.4, 0.5) is 39.3 Å². The maximum atomic E-state index is 13.7. The fourth-order valence-corrected chi connectivity index (χ4v) is 5.52. The van der Waals surface area contributed by atoms with E-state index in [1.54, 1.807) is 25.1 Å². The number of nitrogens with zero attached hydrogens (tertiary/aromatic N) is 5. The molecule has 222 valence electrons. The Morgan fingerprint density at radius 2 is 1.88 bits per heavy atom. The van der Waals surface area contributed by atoms with Crippen LogP contribution in [0.25, 0.3) is 0 Å². The van der Waals surface area contributed by atoms with Gasteiger partial charge in [-0.3, -0.25) is 9.69 Å². The monoisotopic (exact) mass is 598 g/mol. The second kappa shape index (κ2) is 12.7. The lowest BCUT2D eigenvalue weighted by atomic mass is 10.0. The van der Waals surface area contributed by atoms with Gasteiger partial charge in [0, 0.05) is 60.9 Å². The molecule has 0 spiro atoms. The molecule has 0 atom stereocenters. The molecule has 1 aromatic carbocycles. The van der Waals surface area contributed by atoms with Crippen molar-refractivity contribution in [3.8, 4) is 0 Å². The first-order valence-corrected chi connectivity index (χ1v) is 13.8. The molecule has 0 aliphatic carbocycles. The normalized spacial score (nSPS) is 18.5. The summed E-state index contributed by atoms with van der Waals surface area (Å²) in [4.78, 5) is 29.7. The van der Waals surface area contributed by atoms with Crippen LogP contribution < -0.4 is 16.0 Å². The number of hydrogen-bond donors (Lipinski definition) is 3. The molecule has 2 aromatic rings. The van der Waals surface area contributed by atoms with Gasteiger partial charge in [-0.05, 0) is 55.8 Å². The molecule has 2 fully saturated rings. The van der Waals surface area contributed by atoms with Crippen molar-refractivity contribution in [2.75, 3.05) is 36.4 Å². The third-order valence-electron chi connectivity index (χ3n) is 6.60. The molecule has 0 bridgehead atoms. The van der Waals surface area contributed by atoms with Crippen LogP contribution in [0.5, 0.6) is 0 Å². The van der Waals surface area contributed by atoms with E-state index in [4.69, 9.17) is 11.1 Å². The number of piperidine rings is 1. The Kier molecular flexibility index (Phi) is 9.47. The zero-order valence-electron chi connectivity index (χ0n) is 22.3. The van der Waals surface area contributed by atoms with E-state index in [-0.39, 0.29) is 37.0 Å². The van der Waals surface area contributed by atoms with E-state index in [1.165, 1.54) is 23.9 Å². The van der Waals surface area contributed by atoms with E-state index in [0.717, 1.165) is 0 Å². The Morgan fingerprint density at radius 3 is 2.46 bits per heavy atom. The molecule has 41 heavy (non-hydrogen) atoms. The maximum Gasteiger partial charge on any atom is 0.397 e. The summed E-state index contributed by atoms with van der Waals surface area (Å²) in [5.41, 5.74) is 6.56. The van der Waals surface area contributed by atoms with Gasteiger partial charge in [0.2, 0.25) is 5.91 Å². The summed E-state index contributed by atoms with van der Waals surface area (Å²) in [5.74, 6) is -2.68. The third kappa shape index (κ3) is 9.35. The first kappa shape index (κ1) is 30.6. The summed E-state index contributed by atoms with van der Waals surface area (Å²) in [7, 11) is 0. The number of anilines is 2. The number of benzene rings is 1. The maximum absolute atomic E-state index is 13.7. The minimum Gasteiger partial charge on any atom is -0.387 e. The zero-order valence-corrected chi connectivity index (χ0v) is 23.2. The van der Waals surface area contributed by atoms with E-state index in [9.17, 15) is 26.7 Å². The van der Waals surface area contributed by atoms with Crippen LogP contribution in [0.1, 0.15) is 39.0 Å². The standard InChI is InChI=1S/C26H31F5N8OS/c1-16(32)12-20(33)35-21-13-22(38-9-6-18(7-10-38)39-11-8-25(27,28)15-39)37-24(36-21)41-19-4-2-17(3-5-19)34-23(40)14-26(29,30)31/h2-5,13,18,32H,6-12,14-15H2,1H3,(H,34,40)(H2,33,35,36,37). The largest absolute Gasteiger partial charge is 0.397 e. The number of nitrogens with two attached hydrogens (primary N) is 1. The molecule has 2 aliphatic heterocycles. The summed E-state index contributed by atoms with van der Waals surface area (Å²) in [6.45, 7) is 3.02. The number of aliphatic imine (C=N–C) groups is 1. The average molecular weight is 599 g/mol. The second-order valence-electron chi connectivity index (χ2n) is 10.2. The Labute approximate surface area is 238 Å². The molecule has 0 unspecified atom stereocenters. The van der Waals surface area contributed by atoms with Gasteiger partial charge in [-0.2, -0.15) is 13.2 Å². The SMILES string of the molecule is CC(=N)CC(N)=Nc1cc(N2CCC(N3CCC(F)(F)C3)CC2)nc(Sc2ccc(NC(=O)CC(F)(F)F)cc2)n1. The molecule has 2 saturated heterocycles. The van der Waals surface area contributed by atoms with Crippen LogP contribution in [0.2, 0.25) is 0 Å². The first-order chi connectivity index (χ1) is 19.2. The van der Waals surface area contributed by atoms with Gasteiger partial charge >= 0.3 is 6.18 Å². The van der Waals surface area contributed by atoms with Gasteiger partial charge < -0.3 is 21.4 Å². The van der Waals surface area contributed by atoms with Crippen molar-refractivity contribution in [2.24, 2.45) is 10.7 Å². The molecule has 1 amide bonds. The highest BCUT2D eigenvalue weighted by Gasteiger charge is 2.41. The average Bonchev–Trinajstić information content (AvgIpc) is 3.23. The van der Waals surface area contributed by atoms with Crippen molar-refractivity contribution in [1.82, 2.24) is 14.9 Å². The van der Waals surface area contributed by atoms with E-state index >= 15 is 0 Å². The fraction of sp³-hybridized carbons (Fsp3) is 0.500. The number of alkyl halides is 5. The minimum absolute atomic E-state index is 0.0779. The molecule has 3 heterocycles. The number of amidine groups is 1. The molecule has 4 N–H and O–H groups in total. The quantitative estimate of drug-likeness (QED) is 0.156. The second-order valence-corrected chi connectivity index (χ2v) is 11.2. The predicted molar refractivity (Wildman–Crippen MR) is 148 cm³/mol.